The van der Waals surface area contributed by atoms with Gasteiger partial charge in [-0.15, -0.1) is 0 Å². The summed E-state index contributed by atoms with van der Waals surface area (Å²) in [5.41, 5.74) is 11.4. The SMILES string of the molecule is c1ccc(-c2ccc(N(c3cccc(-c4cccc5oc6ccccc6c45)c3)c3cc4ccccc4c4oc5ccccc5c34)cc2)cc1. The first kappa shape index (κ1) is 27.5. The molecule has 0 N–H and O–H groups in total. The maximum Gasteiger partial charge on any atom is 0.145 e. The van der Waals surface area contributed by atoms with E-state index in [9.17, 15) is 0 Å². The van der Waals surface area contributed by atoms with Crippen LogP contribution in [0.3, 0.4) is 0 Å². The normalized spacial score (nSPS) is 11.7. The van der Waals surface area contributed by atoms with Gasteiger partial charge in [0.05, 0.1) is 11.1 Å². The summed E-state index contributed by atoms with van der Waals surface area (Å²) in [6, 6.07) is 62.0. The zero-order valence-electron chi connectivity index (χ0n) is 26.5. The Labute approximate surface area is 282 Å². The maximum absolute atomic E-state index is 6.64. The molecular weight excluding hydrogens is 599 g/mol. The molecule has 2 heterocycles. The van der Waals surface area contributed by atoms with E-state index in [1.807, 2.05) is 18.2 Å². The number of furan rings is 2. The minimum absolute atomic E-state index is 0.877. The minimum Gasteiger partial charge on any atom is -0.456 e. The standard InChI is InChI=1S/C46H29NO2/c1-2-12-30(13-3-1)31-24-26-34(27-25-31)47(40-29-33-14-4-5-17-37(33)46-45(40)39-19-7-9-22-42(39)49-46)35-16-10-15-32(28-35)36-20-11-23-43-44(36)38-18-6-8-21-41(38)48-43/h1-29H. The zero-order chi connectivity index (χ0) is 32.3. The van der Waals surface area contributed by atoms with Crippen molar-refractivity contribution in [1.29, 1.82) is 0 Å². The monoisotopic (exact) mass is 627 g/mol. The summed E-state index contributed by atoms with van der Waals surface area (Å²) < 4.78 is 12.9. The van der Waals surface area contributed by atoms with Gasteiger partial charge in [0, 0.05) is 32.9 Å². The van der Waals surface area contributed by atoms with Crippen LogP contribution in [0.1, 0.15) is 0 Å². The second-order valence-corrected chi connectivity index (χ2v) is 12.5. The van der Waals surface area contributed by atoms with Gasteiger partial charge in [0.15, 0.2) is 0 Å². The van der Waals surface area contributed by atoms with Crippen LogP contribution in [0.2, 0.25) is 0 Å². The third-order valence-electron chi connectivity index (χ3n) is 9.64. The van der Waals surface area contributed by atoms with Crippen LogP contribution in [0.4, 0.5) is 17.1 Å². The topological polar surface area (TPSA) is 29.5 Å². The number of hydrogen-bond acceptors (Lipinski definition) is 3. The Morgan fingerprint density at radius 1 is 0.367 bits per heavy atom. The molecule has 2 aromatic heterocycles. The molecule has 0 amide bonds. The van der Waals surface area contributed by atoms with Gasteiger partial charge in [0.2, 0.25) is 0 Å². The molecule has 10 rings (SSSR count). The minimum atomic E-state index is 0.877. The van der Waals surface area contributed by atoms with Crippen molar-refractivity contribution in [2.45, 2.75) is 0 Å². The van der Waals surface area contributed by atoms with Crippen molar-refractivity contribution >= 4 is 71.7 Å². The molecule has 0 fully saturated rings. The van der Waals surface area contributed by atoms with Gasteiger partial charge in [0.1, 0.15) is 22.3 Å². The lowest BCUT2D eigenvalue weighted by Gasteiger charge is -2.27. The van der Waals surface area contributed by atoms with Crippen LogP contribution in [0.15, 0.2) is 185 Å². The first-order valence-electron chi connectivity index (χ1n) is 16.6. The molecule has 230 valence electrons. The Morgan fingerprint density at radius 2 is 0.980 bits per heavy atom. The van der Waals surface area contributed by atoms with Gasteiger partial charge in [-0.05, 0) is 76.2 Å². The Balaban J connectivity index is 1.24. The van der Waals surface area contributed by atoms with Crippen molar-refractivity contribution in [3.63, 3.8) is 0 Å². The maximum atomic E-state index is 6.64. The summed E-state index contributed by atoms with van der Waals surface area (Å²) in [6.07, 6.45) is 0. The summed E-state index contributed by atoms with van der Waals surface area (Å²) in [7, 11) is 0. The van der Waals surface area contributed by atoms with E-state index in [4.69, 9.17) is 8.83 Å². The number of para-hydroxylation sites is 2. The highest BCUT2D eigenvalue weighted by Gasteiger charge is 2.22. The van der Waals surface area contributed by atoms with Gasteiger partial charge in [-0.25, -0.2) is 0 Å². The van der Waals surface area contributed by atoms with Crippen LogP contribution in [0.25, 0.3) is 76.9 Å². The fourth-order valence-electron chi connectivity index (χ4n) is 7.40. The quantitative estimate of drug-likeness (QED) is 0.190. The zero-order valence-corrected chi connectivity index (χ0v) is 26.5. The summed E-state index contributed by atoms with van der Waals surface area (Å²) >= 11 is 0. The largest absolute Gasteiger partial charge is 0.456 e. The van der Waals surface area contributed by atoms with Gasteiger partial charge >= 0.3 is 0 Å². The van der Waals surface area contributed by atoms with Crippen LogP contribution >= 0.6 is 0 Å². The molecule has 0 radical (unpaired) electrons. The second-order valence-electron chi connectivity index (χ2n) is 12.5. The first-order valence-corrected chi connectivity index (χ1v) is 16.6. The van der Waals surface area contributed by atoms with Crippen molar-refractivity contribution < 1.29 is 8.83 Å². The number of benzene rings is 8. The molecule has 3 heteroatoms. The van der Waals surface area contributed by atoms with Gasteiger partial charge in [0.25, 0.3) is 0 Å². The van der Waals surface area contributed by atoms with Crippen LogP contribution < -0.4 is 4.90 Å². The molecule has 0 bridgehead atoms. The van der Waals surface area contributed by atoms with E-state index in [-0.39, 0.29) is 0 Å². The van der Waals surface area contributed by atoms with Crippen molar-refractivity contribution in [1.82, 2.24) is 0 Å². The van der Waals surface area contributed by atoms with E-state index in [1.54, 1.807) is 0 Å². The van der Waals surface area contributed by atoms with E-state index in [1.165, 1.54) is 11.1 Å². The predicted octanol–water partition coefficient (Wildman–Crippen LogP) is 13.4. The summed E-state index contributed by atoms with van der Waals surface area (Å²) in [4.78, 5) is 2.38. The lowest BCUT2D eigenvalue weighted by Crippen LogP contribution is -2.10. The van der Waals surface area contributed by atoms with E-state index in [2.05, 4.69) is 163 Å². The van der Waals surface area contributed by atoms with E-state index < -0.39 is 0 Å². The molecule has 0 atom stereocenters. The first-order chi connectivity index (χ1) is 24.3. The Bertz CT molecular complexity index is 2830. The molecule has 10 aromatic rings. The average molecular weight is 628 g/mol. The van der Waals surface area contributed by atoms with Crippen LogP contribution in [-0.2, 0) is 0 Å². The lowest BCUT2D eigenvalue weighted by molar-refractivity contribution is 0.669. The number of anilines is 3. The highest BCUT2D eigenvalue weighted by molar-refractivity contribution is 6.22. The molecule has 49 heavy (non-hydrogen) atoms. The van der Waals surface area contributed by atoms with Gasteiger partial charge in [-0.2, -0.15) is 0 Å². The van der Waals surface area contributed by atoms with Crippen molar-refractivity contribution in [3.8, 4) is 22.3 Å². The summed E-state index contributed by atoms with van der Waals surface area (Å²) in [6.45, 7) is 0. The summed E-state index contributed by atoms with van der Waals surface area (Å²) in [5, 5.41) is 6.66. The number of fused-ring (bicyclic) bond motifs is 8. The molecule has 0 aliphatic heterocycles. The molecular formula is C46H29NO2. The second kappa shape index (κ2) is 11.0. The Kier molecular flexibility index (Phi) is 6.18. The van der Waals surface area contributed by atoms with Crippen molar-refractivity contribution in [2.75, 3.05) is 4.90 Å². The molecule has 0 aliphatic rings. The number of nitrogens with zero attached hydrogens (tertiary/aromatic N) is 1. The molecule has 8 aromatic carbocycles. The van der Waals surface area contributed by atoms with Crippen LogP contribution in [0, 0.1) is 0 Å². The summed E-state index contributed by atoms with van der Waals surface area (Å²) in [5.74, 6) is 0. The van der Waals surface area contributed by atoms with Gasteiger partial charge in [-0.3, -0.25) is 0 Å². The molecule has 0 saturated heterocycles. The molecule has 3 nitrogen and oxygen atoms in total. The average Bonchev–Trinajstić information content (AvgIpc) is 3.75. The van der Waals surface area contributed by atoms with Crippen LogP contribution in [-0.4, -0.2) is 0 Å². The van der Waals surface area contributed by atoms with Crippen molar-refractivity contribution in [3.05, 3.63) is 176 Å². The van der Waals surface area contributed by atoms with Crippen LogP contribution in [0.5, 0.6) is 0 Å². The third kappa shape index (κ3) is 4.44. The van der Waals surface area contributed by atoms with E-state index >= 15 is 0 Å². The molecule has 0 unspecified atom stereocenters. The lowest BCUT2D eigenvalue weighted by atomic mass is 9.98. The smallest absolute Gasteiger partial charge is 0.145 e. The fraction of sp³-hybridized carbons (Fsp3) is 0. The van der Waals surface area contributed by atoms with Crippen molar-refractivity contribution in [2.24, 2.45) is 0 Å². The van der Waals surface area contributed by atoms with E-state index in [0.29, 0.717) is 0 Å². The Hall–Kier alpha value is -6.58. The third-order valence-corrected chi connectivity index (χ3v) is 9.64. The molecule has 0 aliphatic carbocycles. The van der Waals surface area contributed by atoms with Gasteiger partial charge < -0.3 is 13.7 Å². The fourth-order valence-corrected chi connectivity index (χ4v) is 7.40. The highest BCUT2D eigenvalue weighted by Crippen LogP contribution is 2.47. The van der Waals surface area contributed by atoms with E-state index in [0.717, 1.165) is 82.8 Å². The Morgan fingerprint density at radius 3 is 1.80 bits per heavy atom. The predicted molar refractivity (Wildman–Crippen MR) is 204 cm³/mol. The number of rotatable bonds is 5. The number of hydrogen-bond donors (Lipinski definition) is 0. The van der Waals surface area contributed by atoms with Gasteiger partial charge in [-0.1, -0.05) is 127 Å². The molecule has 0 saturated carbocycles. The highest BCUT2D eigenvalue weighted by atomic mass is 16.3. The molecule has 0 spiro atoms.